The Bertz CT molecular complexity index is 1310. The van der Waals surface area contributed by atoms with Crippen LogP contribution >= 0.6 is 0 Å². The van der Waals surface area contributed by atoms with Gasteiger partial charge in [-0.1, -0.05) is 66.3 Å². The summed E-state index contributed by atoms with van der Waals surface area (Å²) >= 11 is 0. The van der Waals surface area contributed by atoms with Crippen molar-refractivity contribution in [2.24, 2.45) is 5.92 Å². The van der Waals surface area contributed by atoms with E-state index in [2.05, 4.69) is 117 Å². The maximum Gasteiger partial charge on any atom is 0.182 e. The van der Waals surface area contributed by atoms with Crippen molar-refractivity contribution < 1.29 is 4.58 Å². The third kappa shape index (κ3) is 3.04. The van der Waals surface area contributed by atoms with Gasteiger partial charge in [0, 0.05) is 46.8 Å². The summed E-state index contributed by atoms with van der Waals surface area (Å²) in [6.45, 7) is 13.3. The average Bonchev–Trinajstić information content (AvgIpc) is 3.26. The zero-order valence-electron chi connectivity index (χ0n) is 19.9. The van der Waals surface area contributed by atoms with Crippen molar-refractivity contribution in [3.8, 4) is 0 Å². The zero-order valence-corrected chi connectivity index (χ0v) is 19.9. The first-order valence-corrected chi connectivity index (χ1v) is 11.9. The monoisotopic (exact) mass is 421 g/mol. The lowest BCUT2D eigenvalue weighted by molar-refractivity contribution is -0.547. The molecule has 0 fully saturated rings. The van der Waals surface area contributed by atoms with E-state index in [0.29, 0.717) is 12.0 Å². The molecule has 2 heterocycles. The van der Waals surface area contributed by atoms with Crippen LogP contribution in [0.2, 0.25) is 0 Å². The quantitative estimate of drug-likeness (QED) is 0.414. The van der Waals surface area contributed by atoms with Crippen LogP contribution in [0.25, 0.3) is 16.5 Å². The lowest BCUT2D eigenvalue weighted by Gasteiger charge is -2.19. The summed E-state index contributed by atoms with van der Waals surface area (Å²) in [5.41, 5.74) is 11.0. The van der Waals surface area contributed by atoms with Crippen molar-refractivity contribution in [2.45, 2.75) is 47.2 Å². The summed E-state index contributed by atoms with van der Waals surface area (Å²) in [5.74, 6) is 0.374. The third-order valence-electron chi connectivity index (χ3n) is 7.37. The van der Waals surface area contributed by atoms with Gasteiger partial charge in [0.25, 0.3) is 0 Å². The summed E-state index contributed by atoms with van der Waals surface area (Å²) in [5, 5.41) is 1.35. The minimum Gasteiger partial charge on any atom is -0.345 e. The van der Waals surface area contributed by atoms with Crippen LogP contribution in [0.3, 0.4) is 0 Å². The first-order chi connectivity index (χ1) is 15.6. The standard InChI is InChI=1S/C30H33N2/c1-6-31-21(4)28(24-12-8-10-14-26(24)31)30(23-18-16-20(3)17-19-23)29-22(5)32(7-2)27-15-11-9-13-25(27)29/h8-19,24,26H,6-7H2,1-5H3/q+1. The number of para-hydroxylation sites is 1. The van der Waals surface area contributed by atoms with Crippen molar-refractivity contribution in [3.63, 3.8) is 0 Å². The first kappa shape index (κ1) is 20.8. The number of allylic oxidation sites excluding steroid dienone is 2. The molecule has 3 aromatic rings. The number of nitrogens with zero attached hydrogens (tertiary/aromatic N) is 2. The fraction of sp³-hybridized carbons (Fsp3) is 0.300. The zero-order chi connectivity index (χ0) is 22.4. The lowest BCUT2D eigenvalue weighted by atomic mass is 9.81. The molecule has 0 N–H and O–H groups in total. The largest absolute Gasteiger partial charge is 0.345 e. The molecule has 0 spiro atoms. The van der Waals surface area contributed by atoms with Crippen LogP contribution in [-0.4, -0.2) is 27.4 Å². The number of hydrogen-bond acceptors (Lipinski definition) is 0. The molecule has 5 rings (SSSR count). The Morgan fingerprint density at radius 3 is 2.34 bits per heavy atom. The van der Waals surface area contributed by atoms with E-state index in [1.54, 1.807) is 0 Å². The number of aryl methyl sites for hydroxylation is 2. The second-order valence-electron chi connectivity index (χ2n) is 9.03. The predicted molar refractivity (Wildman–Crippen MR) is 137 cm³/mol. The molecule has 1 aliphatic carbocycles. The number of likely N-dealkylation sites (N-methyl/N-ethyl adjacent to an activating group) is 1. The molecule has 0 bridgehead atoms. The van der Waals surface area contributed by atoms with Crippen LogP contribution in [0.15, 0.2) is 78.4 Å². The van der Waals surface area contributed by atoms with Gasteiger partial charge in [0.15, 0.2) is 11.8 Å². The highest BCUT2D eigenvalue weighted by Crippen LogP contribution is 2.43. The number of rotatable bonds is 4. The molecule has 2 aliphatic rings. The van der Waals surface area contributed by atoms with Crippen LogP contribution in [0, 0.1) is 19.8 Å². The molecule has 2 unspecified atom stereocenters. The van der Waals surface area contributed by atoms with Gasteiger partial charge >= 0.3 is 0 Å². The highest BCUT2D eigenvalue weighted by atomic mass is 15.1. The van der Waals surface area contributed by atoms with E-state index in [4.69, 9.17) is 0 Å². The van der Waals surface area contributed by atoms with Gasteiger partial charge < -0.3 is 4.57 Å². The Morgan fingerprint density at radius 2 is 1.62 bits per heavy atom. The van der Waals surface area contributed by atoms with Gasteiger partial charge in [-0.3, -0.25) is 0 Å². The van der Waals surface area contributed by atoms with Crippen LogP contribution in [0.1, 0.15) is 43.2 Å². The smallest absolute Gasteiger partial charge is 0.182 e. The third-order valence-corrected chi connectivity index (χ3v) is 7.37. The van der Waals surface area contributed by atoms with E-state index in [1.807, 2.05) is 0 Å². The molecule has 0 saturated carbocycles. The summed E-state index contributed by atoms with van der Waals surface area (Å²) < 4.78 is 5.04. The molecule has 1 aromatic heterocycles. The Hall–Kier alpha value is -3.13. The molecular weight excluding hydrogens is 388 g/mol. The van der Waals surface area contributed by atoms with E-state index in [9.17, 15) is 0 Å². The fourth-order valence-corrected chi connectivity index (χ4v) is 5.88. The van der Waals surface area contributed by atoms with Gasteiger partial charge in [-0.25, -0.2) is 4.58 Å². The molecule has 0 amide bonds. The fourth-order valence-electron chi connectivity index (χ4n) is 5.88. The number of fused-ring (bicyclic) bond motifs is 2. The predicted octanol–water partition coefficient (Wildman–Crippen LogP) is 6.70. The second kappa shape index (κ2) is 8.09. The minimum absolute atomic E-state index is 0.374. The molecule has 2 nitrogen and oxygen atoms in total. The van der Waals surface area contributed by atoms with E-state index >= 15 is 0 Å². The van der Waals surface area contributed by atoms with E-state index in [-0.39, 0.29) is 0 Å². The molecule has 1 aliphatic heterocycles. The van der Waals surface area contributed by atoms with Gasteiger partial charge in [-0.15, -0.1) is 0 Å². The molecule has 2 atom stereocenters. The van der Waals surface area contributed by atoms with Gasteiger partial charge in [0.1, 0.15) is 6.54 Å². The maximum absolute atomic E-state index is 2.57. The average molecular weight is 422 g/mol. The molecule has 2 aromatic carbocycles. The minimum atomic E-state index is 0.374. The van der Waals surface area contributed by atoms with E-state index < -0.39 is 0 Å². The summed E-state index contributed by atoms with van der Waals surface area (Å²) in [6.07, 6.45) is 9.21. The SMILES string of the molecule is CCn1c(C)c(/C(=C2/C(C)=[N+](CC)C3C=CC=CC23)c2ccc(C)cc2)c2ccccc21. The van der Waals surface area contributed by atoms with Crippen LogP contribution in [0.5, 0.6) is 0 Å². The van der Waals surface area contributed by atoms with Gasteiger partial charge in [-0.2, -0.15) is 0 Å². The summed E-state index contributed by atoms with van der Waals surface area (Å²) in [6, 6.07) is 18.4. The Morgan fingerprint density at radius 1 is 0.906 bits per heavy atom. The molecular formula is C30H33N2+. The maximum atomic E-state index is 2.57. The van der Waals surface area contributed by atoms with Crippen molar-refractivity contribution in [1.82, 2.24) is 4.57 Å². The van der Waals surface area contributed by atoms with Gasteiger partial charge in [0.2, 0.25) is 0 Å². The van der Waals surface area contributed by atoms with Crippen molar-refractivity contribution in [2.75, 3.05) is 6.54 Å². The topological polar surface area (TPSA) is 7.94 Å². The van der Waals surface area contributed by atoms with Crippen LogP contribution in [0.4, 0.5) is 0 Å². The Kier molecular flexibility index (Phi) is 5.25. The number of hydrogen-bond donors (Lipinski definition) is 0. The highest BCUT2D eigenvalue weighted by Gasteiger charge is 2.43. The molecule has 162 valence electrons. The lowest BCUT2D eigenvalue weighted by Crippen LogP contribution is -2.26. The molecule has 32 heavy (non-hydrogen) atoms. The second-order valence-corrected chi connectivity index (χ2v) is 9.03. The van der Waals surface area contributed by atoms with Crippen molar-refractivity contribution in [3.05, 3.63) is 101 Å². The van der Waals surface area contributed by atoms with E-state index in [1.165, 1.54) is 50.1 Å². The normalized spacial score (nSPS) is 21.5. The molecule has 0 saturated heterocycles. The van der Waals surface area contributed by atoms with Crippen LogP contribution < -0.4 is 0 Å². The highest BCUT2D eigenvalue weighted by molar-refractivity contribution is 6.11. The Balaban J connectivity index is 1.92. The van der Waals surface area contributed by atoms with Gasteiger partial charge in [-0.05, 0) is 45.4 Å². The van der Waals surface area contributed by atoms with Crippen molar-refractivity contribution in [1.29, 1.82) is 0 Å². The molecule has 2 heteroatoms. The summed E-state index contributed by atoms with van der Waals surface area (Å²) in [4.78, 5) is 0. The van der Waals surface area contributed by atoms with Gasteiger partial charge in [0.05, 0.1) is 5.92 Å². The number of benzene rings is 2. The Labute approximate surface area is 191 Å². The molecule has 0 radical (unpaired) electrons. The number of aromatic nitrogens is 1. The van der Waals surface area contributed by atoms with E-state index in [0.717, 1.165) is 13.1 Å². The van der Waals surface area contributed by atoms with Crippen LogP contribution in [-0.2, 0) is 6.54 Å². The first-order valence-electron chi connectivity index (χ1n) is 11.9. The summed E-state index contributed by atoms with van der Waals surface area (Å²) in [7, 11) is 0. The van der Waals surface area contributed by atoms with Crippen molar-refractivity contribution >= 4 is 22.2 Å².